The molecule has 0 radical (unpaired) electrons. The van der Waals surface area contributed by atoms with Crippen LogP contribution in [0.5, 0.6) is 0 Å². The average molecular weight is 225 g/mol. The Morgan fingerprint density at radius 1 is 1.47 bits per heavy atom. The van der Waals surface area contributed by atoms with Gasteiger partial charge in [0.1, 0.15) is 6.61 Å². The van der Waals surface area contributed by atoms with Crippen LogP contribution in [0, 0.1) is 0 Å². The van der Waals surface area contributed by atoms with Gasteiger partial charge in [0.2, 0.25) is 0 Å². The Kier molecular flexibility index (Phi) is 4.37. The summed E-state index contributed by atoms with van der Waals surface area (Å²) >= 11 is 5.94. The molecule has 1 aromatic carbocycles. The molecule has 0 N–H and O–H groups in total. The maximum absolute atomic E-state index is 11.5. The van der Waals surface area contributed by atoms with Crippen LogP contribution in [0.4, 0.5) is 0 Å². The van der Waals surface area contributed by atoms with Crippen LogP contribution in [0.3, 0.4) is 0 Å². The topological polar surface area (TPSA) is 26.3 Å². The number of carbonyl (C=O) groups excluding carboxylic acids is 1. The second-order valence-electron chi connectivity index (χ2n) is 3.34. The molecule has 0 bridgehead atoms. The van der Waals surface area contributed by atoms with E-state index in [9.17, 15) is 4.79 Å². The molecule has 0 amide bonds. The molecule has 80 valence electrons. The fourth-order valence-corrected chi connectivity index (χ4v) is 1.23. The molecule has 1 aromatic rings. The summed E-state index contributed by atoms with van der Waals surface area (Å²) in [7, 11) is 0. The van der Waals surface area contributed by atoms with Crippen molar-refractivity contribution in [1.82, 2.24) is 0 Å². The van der Waals surface area contributed by atoms with Gasteiger partial charge in [-0.2, -0.15) is 0 Å². The van der Waals surface area contributed by atoms with Crippen LogP contribution in [0.1, 0.15) is 17.9 Å². The largest absolute Gasteiger partial charge is 0.460 e. The number of hydrogen-bond acceptors (Lipinski definition) is 2. The molecule has 0 aliphatic heterocycles. The van der Waals surface area contributed by atoms with Crippen molar-refractivity contribution in [3.05, 3.63) is 48.0 Å². The number of ether oxygens (including phenoxy) is 1. The predicted octanol–water partition coefficient (Wildman–Crippen LogP) is 3.09. The number of carbonyl (C=O) groups is 1. The van der Waals surface area contributed by atoms with Crippen LogP contribution < -0.4 is 0 Å². The summed E-state index contributed by atoms with van der Waals surface area (Å²) in [5.41, 5.74) is 1.53. The summed E-state index contributed by atoms with van der Waals surface area (Å²) in [4.78, 5) is 11.5. The van der Waals surface area contributed by atoms with E-state index in [1.807, 2.05) is 18.2 Å². The van der Waals surface area contributed by atoms with Gasteiger partial charge >= 0.3 is 5.97 Å². The Morgan fingerprint density at radius 2 is 2.07 bits per heavy atom. The van der Waals surface area contributed by atoms with Gasteiger partial charge in [0, 0.05) is 0 Å². The molecule has 1 unspecified atom stereocenters. The van der Waals surface area contributed by atoms with Gasteiger partial charge in [0.15, 0.2) is 5.38 Å². The highest BCUT2D eigenvalue weighted by Gasteiger charge is 2.18. The maximum atomic E-state index is 11.5. The van der Waals surface area contributed by atoms with Gasteiger partial charge in [-0.05, 0) is 18.1 Å². The zero-order chi connectivity index (χ0) is 11.3. The molecule has 0 aromatic heterocycles. The van der Waals surface area contributed by atoms with Crippen molar-refractivity contribution in [3.8, 4) is 0 Å². The molecule has 0 aliphatic carbocycles. The lowest BCUT2D eigenvalue weighted by atomic mass is 10.1. The Hall–Kier alpha value is -1.28. The summed E-state index contributed by atoms with van der Waals surface area (Å²) < 4.78 is 4.95. The average Bonchev–Trinajstić information content (AvgIpc) is 2.26. The van der Waals surface area contributed by atoms with Gasteiger partial charge in [-0.3, -0.25) is 4.79 Å². The maximum Gasteiger partial charge on any atom is 0.328 e. The van der Waals surface area contributed by atoms with Crippen LogP contribution in [0.25, 0.3) is 0 Å². The number of esters is 1. The number of rotatable bonds is 4. The molecule has 0 spiro atoms. The lowest BCUT2D eigenvalue weighted by Gasteiger charge is -2.09. The quantitative estimate of drug-likeness (QED) is 0.446. The van der Waals surface area contributed by atoms with Crippen LogP contribution in [-0.4, -0.2) is 12.6 Å². The summed E-state index contributed by atoms with van der Waals surface area (Å²) in [6.07, 6.45) is 0. The smallest absolute Gasteiger partial charge is 0.328 e. The zero-order valence-electron chi connectivity index (χ0n) is 8.57. The summed E-state index contributed by atoms with van der Waals surface area (Å²) in [5, 5.41) is -0.745. The van der Waals surface area contributed by atoms with Gasteiger partial charge in [-0.25, -0.2) is 0 Å². The van der Waals surface area contributed by atoms with Crippen molar-refractivity contribution in [1.29, 1.82) is 0 Å². The minimum atomic E-state index is -0.745. The van der Waals surface area contributed by atoms with E-state index in [0.717, 1.165) is 11.1 Å². The van der Waals surface area contributed by atoms with E-state index in [2.05, 4.69) is 6.58 Å². The van der Waals surface area contributed by atoms with Gasteiger partial charge in [-0.15, -0.1) is 11.6 Å². The first kappa shape index (κ1) is 11.8. The normalized spacial score (nSPS) is 11.9. The third-order valence-electron chi connectivity index (χ3n) is 1.76. The van der Waals surface area contributed by atoms with E-state index in [4.69, 9.17) is 16.3 Å². The fraction of sp³-hybridized carbons (Fsp3) is 0.250. The number of benzene rings is 1. The molecule has 1 rings (SSSR count). The van der Waals surface area contributed by atoms with Gasteiger partial charge < -0.3 is 4.74 Å². The molecule has 15 heavy (non-hydrogen) atoms. The van der Waals surface area contributed by atoms with Crippen molar-refractivity contribution in [2.75, 3.05) is 6.61 Å². The van der Waals surface area contributed by atoms with Crippen molar-refractivity contribution >= 4 is 17.6 Å². The molecule has 3 heteroatoms. The highest BCUT2D eigenvalue weighted by molar-refractivity contribution is 6.29. The Labute approximate surface area is 94.5 Å². The lowest BCUT2D eigenvalue weighted by molar-refractivity contribution is -0.142. The molecule has 0 fully saturated rings. The molecule has 1 atom stereocenters. The van der Waals surface area contributed by atoms with Crippen molar-refractivity contribution < 1.29 is 9.53 Å². The first-order valence-corrected chi connectivity index (χ1v) is 5.05. The summed E-state index contributed by atoms with van der Waals surface area (Å²) in [6.45, 7) is 5.65. The van der Waals surface area contributed by atoms with Crippen LogP contribution in [0.15, 0.2) is 42.5 Å². The number of halogens is 1. The predicted molar refractivity (Wildman–Crippen MR) is 60.8 cm³/mol. The molecular weight excluding hydrogens is 212 g/mol. The second-order valence-corrected chi connectivity index (χ2v) is 3.77. The van der Waals surface area contributed by atoms with Gasteiger partial charge in [0.25, 0.3) is 0 Å². The van der Waals surface area contributed by atoms with E-state index >= 15 is 0 Å². The Bertz CT molecular complexity index is 346. The Balaban J connectivity index is 2.57. The molecule has 0 aliphatic rings. The standard InChI is InChI=1S/C12H13ClO2/c1-9(2)8-15-12(14)11(13)10-6-4-3-5-7-10/h3-7,11H,1,8H2,2H3. The number of hydrogen-bond donors (Lipinski definition) is 0. The van der Waals surface area contributed by atoms with Crippen LogP contribution in [-0.2, 0) is 9.53 Å². The highest BCUT2D eigenvalue weighted by Crippen LogP contribution is 2.21. The van der Waals surface area contributed by atoms with E-state index in [0.29, 0.717) is 0 Å². The third kappa shape index (κ3) is 3.76. The molecule has 0 heterocycles. The van der Waals surface area contributed by atoms with Crippen molar-refractivity contribution in [3.63, 3.8) is 0 Å². The summed E-state index contributed by atoms with van der Waals surface area (Å²) in [6, 6.07) is 9.11. The summed E-state index contributed by atoms with van der Waals surface area (Å²) in [5.74, 6) is -0.439. The van der Waals surface area contributed by atoms with Gasteiger partial charge in [-0.1, -0.05) is 36.9 Å². The van der Waals surface area contributed by atoms with Gasteiger partial charge in [0.05, 0.1) is 0 Å². The van der Waals surface area contributed by atoms with E-state index in [1.54, 1.807) is 19.1 Å². The zero-order valence-corrected chi connectivity index (χ0v) is 9.33. The minimum absolute atomic E-state index is 0.217. The highest BCUT2D eigenvalue weighted by atomic mass is 35.5. The number of alkyl halides is 1. The molecule has 2 nitrogen and oxygen atoms in total. The van der Waals surface area contributed by atoms with E-state index < -0.39 is 11.3 Å². The van der Waals surface area contributed by atoms with Crippen LogP contribution >= 0.6 is 11.6 Å². The Morgan fingerprint density at radius 3 is 2.60 bits per heavy atom. The molecular formula is C12H13ClO2. The first-order chi connectivity index (χ1) is 7.11. The van der Waals surface area contributed by atoms with Crippen molar-refractivity contribution in [2.45, 2.75) is 12.3 Å². The first-order valence-electron chi connectivity index (χ1n) is 4.61. The minimum Gasteiger partial charge on any atom is -0.460 e. The molecule has 0 saturated heterocycles. The fourth-order valence-electron chi connectivity index (χ4n) is 1.03. The lowest BCUT2D eigenvalue weighted by Crippen LogP contribution is -2.12. The van der Waals surface area contributed by atoms with Crippen LogP contribution in [0.2, 0.25) is 0 Å². The molecule has 0 saturated carbocycles. The monoisotopic (exact) mass is 224 g/mol. The van der Waals surface area contributed by atoms with Crippen molar-refractivity contribution in [2.24, 2.45) is 0 Å². The van der Waals surface area contributed by atoms with E-state index in [1.165, 1.54) is 0 Å². The van der Waals surface area contributed by atoms with E-state index in [-0.39, 0.29) is 6.61 Å². The second kappa shape index (κ2) is 5.56. The third-order valence-corrected chi connectivity index (χ3v) is 2.19. The SMILES string of the molecule is C=C(C)COC(=O)C(Cl)c1ccccc1.